The first-order valence-electron chi connectivity index (χ1n) is 9.88. The number of hydrogen-bond acceptors (Lipinski definition) is 4. The monoisotopic (exact) mass is 397 g/mol. The molecule has 0 spiro atoms. The fourth-order valence-corrected chi connectivity index (χ4v) is 3.38. The van der Waals surface area contributed by atoms with Crippen molar-refractivity contribution in [2.75, 3.05) is 13.7 Å². The molecule has 4 rings (SSSR count). The number of benzene rings is 2. The van der Waals surface area contributed by atoms with Gasteiger partial charge in [-0.05, 0) is 61.5 Å². The van der Waals surface area contributed by atoms with Crippen molar-refractivity contribution in [3.8, 4) is 17.0 Å². The highest BCUT2D eigenvalue weighted by molar-refractivity contribution is 6.07. The van der Waals surface area contributed by atoms with Crippen molar-refractivity contribution in [2.45, 2.75) is 13.3 Å². The molecule has 0 aliphatic carbocycles. The van der Waals surface area contributed by atoms with E-state index in [4.69, 9.17) is 9.72 Å². The molecule has 1 amide bonds. The summed E-state index contributed by atoms with van der Waals surface area (Å²) >= 11 is 0. The number of aryl methyl sites for hydroxylation is 1. The van der Waals surface area contributed by atoms with Crippen LogP contribution in [0.25, 0.3) is 22.2 Å². The first kappa shape index (κ1) is 19.6. The SMILES string of the molecule is COc1ccc(-c2cc(C(=O)NCCc3ccccn3)c3cc(C)ccc3n2)cc1. The Morgan fingerprint density at radius 1 is 1.03 bits per heavy atom. The lowest BCUT2D eigenvalue weighted by Gasteiger charge is -2.12. The van der Waals surface area contributed by atoms with E-state index in [0.29, 0.717) is 18.5 Å². The average molecular weight is 397 g/mol. The van der Waals surface area contributed by atoms with Crippen LogP contribution in [0.15, 0.2) is 72.9 Å². The lowest BCUT2D eigenvalue weighted by Crippen LogP contribution is -2.26. The first-order chi connectivity index (χ1) is 14.6. The van der Waals surface area contributed by atoms with E-state index in [9.17, 15) is 4.79 Å². The summed E-state index contributed by atoms with van der Waals surface area (Å²) in [5, 5.41) is 3.88. The van der Waals surface area contributed by atoms with Crippen molar-refractivity contribution >= 4 is 16.8 Å². The molecule has 150 valence electrons. The molecule has 0 aliphatic heterocycles. The van der Waals surface area contributed by atoms with Crippen molar-refractivity contribution in [3.63, 3.8) is 0 Å². The summed E-state index contributed by atoms with van der Waals surface area (Å²) in [6, 6.07) is 21.3. The van der Waals surface area contributed by atoms with Crippen LogP contribution < -0.4 is 10.1 Å². The van der Waals surface area contributed by atoms with Crippen LogP contribution in [0, 0.1) is 6.92 Å². The van der Waals surface area contributed by atoms with Crippen molar-refractivity contribution in [3.05, 3.63) is 89.7 Å². The minimum absolute atomic E-state index is 0.112. The van der Waals surface area contributed by atoms with E-state index < -0.39 is 0 Å². The van der Waals surface area contributed by atoms with Gasteiger partial charge in [0.2, 0.25) is 0 Å². The van der Waals surface area contributed by atoms with E-state index in [1.165, 1.54) is 0 Å². The Morgan fingerprint density at radius 3 is 2.60 bits per heavy atom. The predicted molar refractivity (Wildman–Crippen MR) is 119 cm³/mol. The average Bonchev–Trinajstić information content (AvgIpc) is 2.79. The standard InChI is InChI=1S/C25H23N3O2/c1-17-6-11-23-21(15-17)22(25(29)27-14-12-19-5-3-4-13-26-19)16-24(28-23)18-7-9-20(30-2)10-8-18/h3-11,13,15-16H,12,14H2,1-2H3,(H,27,29). The Hall–Kier alpha value is -3.73. The van der Waals surface area contributed by atoms with Gasteiger partial charge in [-0.1, -0.05) is 17.7 Å². The van der Waals surface area contributed by atoms with Gasteiger partial charge in [-0.25, -0.2) is 4.98 Å². The van der Waals surface area contributed by atoms with E-state index in [2.05, 4.69) is 10.3 Å². The van der Waals surface area contributed by atoms with Gasteiger partial charge >= 0.3 is 0 Å². The van der Waals surface area contributed by atoms with Gasteiger partial charge in [0.15, 0.2) is 0 Å². The Bertz CT molecular complexity index is 1170. The van der Waals surface area contributed by atoms with Gasteiger partial charge in [0.05, 0.1) is 23.9 Å². The number of pyridine rings is 2. The molecule has 2 aromatic carbocycles. The minimum Gasteiger partial charge on any atom is -0.497 e. The normalized spacial score (nSPS) is 10.7. The number of ether oxygens (including phenoxy) is 1. The molecule has 0 saturated carbocycles. The zero-order valence-electron chi connectivity index (χ0n) is 17.1. The number of fused-ring (bicyclic) bond motifs is 1. The van der Waals surface area contributed by atoms with Crippen LogP contribution in [0.2, 0.25) is 0 Å². The maximum absolute atomic E-state index is 13.1. The summed E-state index contributed by atoms with van der Waals surface area (Å²) in [7, 11) is 1.64. The highest BCUT2D eigenvalue weighted by atomic mass is 16.5. The number of nitrogens with zero attached hydrogens (tertiary/aromatic N) is 2. The second kappa shape index (κ2) is 8.74. The Balaban J connectivity index is 1.65. The summed E-state index contributed by atoms with van der Waals surface area (Å²) < 4.78 is 5.24. The molecule has 4 aromatic rings. The Labute approximate surface area is 175 Å². The lowest BCUT2D eigenvalue weighted by molar-refractivity contribution is 0.0955. The van der Waals surface area contributed by atoms with Gasteiger partial charge in [0.1, 0.15) is 5.75 Å². The van der Waals surface area contributed by atoms with Crippen LogP contribution in [-0.4, -0.2) is 29.5 Å². The Kier molecular flexibility index (Phi) is 5.70. The molecular formula is C25H23N3O2. The Morgan fingerprint density at radius 2 is 1.87 bits per heavy atom. The number of nitrogens with one attached hydrogen (secondary N) is 1. The third-order valence-corrected chi connectivity index (χ3v) is 4.99. The summed E-state index contributed by atoms with van der Waals surface area (Å²) in [5.74, 6) is 0.668. The van der Waals surface area contributed by atoms with Gasteiger partial charge < -0.3 is 10.1 Å². The first-order valence-corrected chi connectivity index (χ1v) is 9.88. The van der Waals surface area contributed by atoms with Gasteiger partial charge in [-0.15, -0.1) is 0 Å². The van der Waals surface area contributed by atoms with Crippen LogP contribution in [0.5, 0.6) is 5.75 Å². The molecule has 0 bridgehead atoms. The third kappa shape index (κ3) is 4.30. The molecule has 5 nitrogen and oxygen atoms in total. The molecule has 1 N–H and O–H groups in total. The number of amides is 1. The fraction of sp³-hybridized carbons (Fsp3) is 0.160. The lowest BCUT2D eigenvalue weighted by atomic mass is 10.0. The molecule has 0 saturated heterocycles. The van der Waals surface area contributed by atoms with Crippen LogP contribution in [-0.2, 0) is 6.42 Å². The highest BCUT2D eigenvalue weighted by Crippen LogP contribution is 2.27. The minimum atomic E-state index is -0.112. The molecule has 0 fully saturated rings. The zero-order valence-corrected chi connectivity index (χ0v) is 17.1. The van der Waals surface area contributed by atoms with Crippen molar-refractivity contribution in [2.24, 2.45) is 0 Å². The van der Waals surface area contributed by atoms with Gasteiger partial charge in [-0.3, -0.25) is 9.78 Å². The van der Waals surface area contributed by atoms with Gasteiger partial charge in [0.25, 0.3) is 5.91 Å². The van der Waals surface area contributed by atoms with Crippen molar-refractivity contribution in [1.82, 2.24) is 15.3 Å². The summed E-state index contributed by atoms with van der Waals surface area (Å²) in [6.07, 6.45) is 2.44. The number of methoxy groups -OCH3 is 1. The van der Waals surface area contributed by atoms with Gasteiger partial charge in [-0.2, -0.15) is 0 Å². The highest BCUT2D eigenvalue weighted by Gasteiger charge is 2.14. The number of hydrogen-bond donors (Lipinski definition) is 1. The maximum atomic E-state index is 13.1. The van der Waals surface area contributed by atoms with Crippen molar-refractivity contribution in [1.29, 1.82) is 0 Å². The van der Waals surface area contributed by atoms with Crippen LogP contribution in [0.4, 0.5) is 0 Å². The number of rotatable bonds is 6. The number of aromatic nitrogens is 2. The predicted octanol–water partition coefficient (Wildman–Crippen LogP) is 4.59. The molecule has 0 atom stereocenters. The van der Waals surface area contributed by atoms with Crippen molar-refractivity contribution < 1.29 is 9.53 Å². The van der Waals surface area contributed by atoms with Crippen LogP contribution in [0.3, 0.4) is 0 Å². The summed E-state index contributed by atoms with van der Waals surface area (Å²) in [6.45, 7) is 2.53. The summed E-state index contributed by atoms with van der Waals surface area (Å²) in [5.41, 5.74) is 5.14. The van der Waals surface area contributed by atoms with E-state index >= 15 is 0 Å². The largest absolute Gasteiger partial charge is 0.497 e. The van der Waals surface area contributed by atoms with E-state index in [1.807, 2.05) is 73.7 Å². The molecule has 2 aromatic heterocycles. The molecule has 0 unspecified atom stereocenters. The van der Waals surface area contributed by atoms with Crippen LogP contribution in [0.1, 0.15) is 21.6 Å². The quantitative estimate of drug-likeness (QED) is 0.517. The fourth-order valence-electron chi connectivity index (χ4n) is 3.38. The smallest absolute Gasteiger partial charge is 0.252 e. The molecular weight excluding hydrogens is 374 g/mol. The number of carbonyl (C=O) groups excluding carboxylic acids is 1. The third-order valence-electron chi connectivity index (χ3n) is 4.99. The second-order valence-electron chi connectivity index (χ2n) is 7.13. The molecule has 0 aliphatic rings. The summed E-state index contributed by atoms with van der Waals surface area (Å²) in [4.78, 5) is 22.2. The van der Waals surface area contributed by atoms with E-state index in [-0.39, 0.29) is 5.91 Å². The molecule has 2 heterocycles. The maximum Gasteiger partial charge on any atom is 0.252 e. The topological polar surface area (TPSA) is 64.1 Å². The zero-order chi connectivity index (χ0) is 20.9. The molecule has 5 heteroatoms. The molecule has 0 radical (unpaired) electrons. The number of carbonyl (C=O) groups is 1. The molecule has 30 heavy (non-hydrogen) atoms. The van der Waals surface area contributed by atoms with Gasteiger partial charge in [0, 0.05) is 35.8 Å². The van der Waals surface area contributed by atoms with E-state index in [0.717, 1.165) is 39.2 Å². The van der Waals surface area contributed by atoms with Crippen LogP contribution >= 0.6 is 0 Å². The van der Waals surface area contributed by atoms with E-state index in [1.54, 1.807) is 13.3 Å². The second-order valence-corrected chi connectivity index (χ2v) is 7.13.